The van der Waals surface area contributed by atoms with Crippen molar-refractivity contribution >= 4 is 17.4 Å². The Bertz CT molecular complexity index is 875. The lowest BCUT2D eigenvalue weighted by molar-refractivity contribution is 0.282. The maximum absolute atomic E-state index is 7.82. The van der Waals surface area contributed by atoms with Crippen LogP contribution in [0.3, 0.4) is 0 Å². The maximum Gasteiger partial charge on any atom is 0.123 e. The van der Waals surface area contributed by atoms with E-state index in [2.05, 4.69) is 70.7 Å². The van der Waals surface area contributed by atoms with Crippen LogP contribution in [-0.2, 0) is 6.42 Å². The normalized spacial score (nSPS) is 20.0. The Kier molecular flexibility index (Phi) is 9.86. The summed E-state index contributed by atoms with van der Waals surface area (Å²) in [5.74, 6) is 1.93. The molecule has 6 heteroatoms. The molecular weight excluding hydrogens is 430 g/mol. The molecule has 33 heavy (non-hydrogen) atoms. The standard InChI is InChI=1S/C27H44ClN5/c1-16(2)19(5)26-20(6)24(21(7)32-26)13-17(3)31-11-12-33(8)18(4)14-22-9-10-23(28)15-25(22)27(29)30/h9-10,15-17,19-20,26,31-32H,4,11-14H2,1-3,5-8H3,(H3,29,30). The third-order valence-corrected chi connectivity index (χ3v) is 7.57. The van der Waals surface area contributed by atoms with Crippen LogP contribution in [0.2, 0.25) is 5.02 Å². The fourth-order valence-corrected chi connectivity index (χ4v) is 4.89. The highest BCUT2D eigenvalue weighted by atomic mass is 35.5. The molecule has 0 saturated carbocycles. The Labute approximate surface area is 206 Å². The highest BCUT2D eigenvalue weighted by molar-refractivity contribution is 6.31. The second kappa shape index (κ2) is 11.9. The predicted molar refractivity (Wildman–Crippen MR) is 143 cm³/mol. The second-order valence-electron chi connectivity index (χ2n) is 10.2. The Morgan fingerprint density at radius 3 is 2.58 bits per heavy atom. The van der Waals surface area contributed by atoms with Crippen LogP contribution in [0.1, 0.15) is 59.1 Å². The quantitative estimate of drug-likeness (QED) is 0.250. The van der Waals surface area contributed by atoms with E-state index in [0.29, 0.717) is 46.8 Å². The van der Waals surface area contributed by atoms with E-state index in [1.807, 2.05) is 12.1 Å². The number of nitrogen functional groups attached to an aromatic ring is 1. The van der Waals surface area contributed by atoms with Crippen molar-refractivity contribution < 1.29 is 0 Å². The molecule has 5 nitrogen and oxygen atoms in total. The molecule has 5 N–H and O–H groups in total. The van der Waals surface area contributed by atoms with E-state index < -0.39 is 0 Å². The largest absolute Gasteiger partial charge is 0.385 e. The molecular formula is C27H44ClN5. The number of benzene rings is 1. The van der Waals surface area contributed by atoms with Gasteiger partial charge in [0.15, 0.2) is 0 Å². The summed E-state index contributed by atoms with van der Waals surface area (Å²) in [6.45, 7) is 19.9. The van der Waals surface area contributed by atoms with Gasteiger partial charge in [-0.1, -0.05) is 51.9 Å². The fourth-order valence-electron chi connectivity index (χ4n) is 4.71. The zero-order valence-electron chi connectivity index (χ0n) is 21.6. The smallest absolute Gasteiger partial charge is 0.123 e. The van der Waals surface area contributed by atoms with Gasteiger partial charge in [-0.3, -0.25) is 5.41 Å². The van der Waals surface area contributed by atoms with Gasteiger partial charge in [0.2, 0.25) is 0 Å². The number of likely N-dealkylation sites (N-methyl/N-ethyl adjacent to an activating group) is 1. The van der Waals surface area contributed by atoms with Crippen LogP contribution in [-0.4, -0.2) is 43.0 Å². The van der Waals surface area contributed by atoms with Crippen molar-refractivity contribution in [1.82, 2.24) is 15.5 Å². The monoisotopic (exact) mass is 473 g/mol. The lowest BCUT2D eigenvalue weighted by Crippen LogP contribution is -2.37. The highest BCUT2D eigenvalue weighted by Crippen LogP contribution is 2.34. The highest BCUT2D eigenvalue weighted by Gasteiger charge is 2.34. The Morgan fingerprint density at radius 1 is 1.30 bits per heavy atom. The van der Waals surface area contributed by atoms with Crippen LogP contribution < -0.4 is 16.4 Å². The van der Waals surface area contributed by atoms with E-state index >= 15 is 0 Å². The molecule has 4 atom stereocenters. The molecule has 1 heterocycles. The molecule has 4 unspecified atom stereocenters. The topological polar surface area (TPSA) is 77.2 Å². The summed E-state index contributed by atoms with van der Waals surface area (Å²) in [7, 11) is 2.06. The van der Waals surface area contributed by atoms with Gasteiger partial charge in [-0.2, -0.15) is 0 Å². The number of nitrogens with one attached hydrogen (secondary N) is 3. The molecule has 1 aromatic carbocycles. The first-order valence-electron chi connectivity index (χ1n) is 12.1. The van der Waals surface area contributed by atoms with Crippen molar-refractivity contribution in [2.24, 2.45) is 23.5 Å². The van der Waals surface area contributed by atoms with E-state index in [9.17, 15) is 0 Å². The minimum atomic E-state index is 0.0312. The van der Waals surface area contributed by atoms with E-state index in [4.69, 9.17) is 22.7 Å². The molecule has 0 spiro atoms. The lowest BCUT2D eigenvalue weighted by atomic mass is 9.81. The van der Waals surface area contributed by atoms with Crippen molar-refractivity contribution in [3.05, 3.63) is 57.9 Å². The molecule has 0 fully saturated rings. The molecule has 0 saturated heterocycles. The number of halogens is 1. The maximum atomic E-state index is 7.82. The van der Waals surface area contributed by atoms with E-state index in [1.165, 1.54) is 5.70 Å². The van der Waals surface area contributed by atoms with E-state index in [0.717, 1.165) is 30.8 Å². The lowest BCUT2D eigenvalue weighted by Gasteiger charge is -2.29. The van der Waals surface area contributed by atoms with Crippen molar-refractivity contribution in [2.45, 2.75) is 66.5 Å². The van der Waals surface area contributed by atoms with Crippen molar-refractivity contribution in [2.75, 3.05) is 20.1 Å². The number of amidine groups is 1. The van der Waals surface area contributed by atoms with Gasteiger partial charge in [-0.15, -0.1) is 0 Å². The number of hydrogen-bond donors (Lipinski definition) is 4. The zero-order valence-corrected chi connectivity index (χ0v) is 22.3. The molecule has 1 aliphatic heterocycles. The zero-order chi connectivity index (χ0) is 24.9. The third kappa shape index (κ3) is 7.25. The molecule has 2 rings (SSSR count). The van der Waals surface area contributed by atoms with Crippen LogP contribution >= 0.6 is 11.6 Å². The first kappa shape index (κ1) is 27.3. The Hall–Kier alpha value is -1.98. The minimum absolute atomic E-state index is 0.0312. The average molecular weight is 474 g/mol. The van der Waals surface area contributed by atoms with Gasteiger partial charge in [-0.25, -0.2) is 0 Å². The van der Waals surface area contributed by atoms with Crippen LogP contribution in [0.4, 0.5) is 0 Å². The minimum Gasteiger partial charge on any atom is -0.385 e. The second-order valence-corrected chi connectivity index (χ2v) is 10.6. The number of allylic oxidation sites excluding steroid dienone is 2. The van der Waals surface area contributed by atoms with Crippen LogP contribution in [0.5, 0.6) is 0 Å². The molecule has 0 amide bonds. The van der Waals surface area contributed by atoms with Gasteiger partial charge < -0.3 is 21.3 Å². The summed E-state index contributed by atoms with van der Waals surface area (Å²) in [5.41, 5.74) is 11.3. The fraction of sp³-hybridized carbons (Fsp3) is 0.593. The Balaban J connectivity index is 1.83. The van der Waals surface area contributed by atoms with Gasteiger partial charge in [0, 0.05) is 60.6 Å². The third-order valence-electron chi connectivity index (χ3n) is 7.33. The average Bonchev–Trinajstić information content (AvgIpc) is 3.02. The van der Waals surface area contributed by atoms with E-state index in [-0.39, 0.29) is 5.84 Å². The first-order valence-corrected chi connectivity index (χ1v) is 12.5. The summed E-state index contributed by atoms with van der Waals surface area (Å²) >= 11 is 6.07. The van der Waals surface area contributed by atoms with Crippen molar-refractivity contribution in [3.63, 3.8) is 0 Å². The van der Waals surface area contributed by atoms with Crippen LogP contribution in [0.25, 0.3) is 0 Å². The summed E-state index contributed by atoms with van der Waals surface area (Å²) < 4.78 is 0. The molecule has 1 aliphatic rings. The number of nitrogens with two attached hydrogens (primary N) is 1. The first-order chi connectivity index (χ1) is 15.4. The van der Waals surface area contributed by atoms with Gasteiger partial charge in [-0.05, 0) is 61.3 Å². The summed E-state index contributed by atoms with van der Waals surface area (Å²) in [5, 5.41) is 15.9. The number of hydrogen-bond acceptors (Lipinski definition) is 4. The number of rotatable bonds is 12. The molecule has 0 radical (unpaired) electrons. The molecule has 0 bridgehead atoms. The van der Waals surface area contributed by atoms with Crippen LogP contribution in [0, 0.1) is 23.2 Å². The van der Waals surface area contributed by atoms with Crippen molar-refractivity contribution in [3.8, 4) is 0 Å². The SMILES string of the molecule is C=C(Cc1ccc(Cl)cc1C(=N)N)N(C)CCNC(C)CC1=C(C)NC(C(C)C(C)C)C1C. The Morgan fingerprint density at radius 2 is 1.97 bits per heavy atom. The van der Waals surface area contributed by atoms with Crippen LogP contribution in [0.15, 0.2) is 41.7 Å². The molecule has 0 aromatic heterocycles. The van der Waals surface area contributed by atoms with Gasteiger partial charge in [0.05, 0.1) is 0 Å². The van der Waals surface area contributed by atoms with Gasteiger partial charge in [0.1, 0.15) is 5.84 Å². The summed E-state index contributed by atoms with van der Waals surface area (Å²) in [6, 6.07) is 6.46. The van der Waals surface area contributed by atoms with Gasteiger partial charge in [0.25, 0.3) is 0 Å². The number of nitrogens with zero attached hydrogens (tertiary/aromatic N) is 1. The van der Waals surface area contributed by atoms with Gasteiger partial charge >= 0.3 is 0 Å². The summed E-state index contributed by atoms with van der Waals surface area (Å²) in [6.07, 6.45) is 1.71. The van der Waals surface area contributed by atoms with Crippen molar-refractivity contribution in [1.29, 1.82) is 5.41 Å². The predicted octanol–water partition coefficient (Wildman–Crippen LogP) is 5.15. The van der Waals surface area contributed by atoms with E-state index in [1.54, 1.807) is 11.6 Å². The molecule has 0 aliphatic carbocycles. The molecule has 1 aromatic rings. The summed E-state index contributed by atoms with van der Waals surface area (Å²) in [4.78, 5) is 2.17. The molecule has 184 valence electrons.